The number of non-ortho nitro benzene ring substituents is 1. The van der Waals surface area contributed by atoms with Gasteiger partial charge in [-0.15, -0.1) is 0 Å². The summed E-state index contributed by atoms with van der Waals surface area (Å²) in [4.78, 5) is 107. The number of alkyl carbamates (subject to hydrolysis) is 3. The minimum atomic E-state index is -2.04. The highest BCUT2D eigenvalue weighted by Crippen LogP contribution is 2.35. The Labute approximate surface area is 499 Å². The van der Waals surface area contributed by atoms with Crippen molar-refractivity contribution in [1.82, 2.24) is 36.4 Å². The number of likely N-dealkylation sites (tertiary alicyclic amines) is 1. The van der Waals surface area contributed by atoms with Crippen LogP contribution in [0.15, 0.2) is 36.1 Å². The Morgan fingerprint density at radius 3 is 1.95 bits per heavy atom. The molecule has 1 saturated carbocycles. The van der Waals surface area contributed by atoms with Gasteiger partial charge in [-0.3, -0.25) is 24.6 Å². The zero-order valence-corrected chi connectivity index (χ0v) is 51.4. The summed E-state index contributed by atoms with van der Waals surface area (Å²) < 4.78 is 52.7. The predicted molar refractivity (Wildman–Crippen MR) is 301 cm³/mol. The van der Waals surface area contributed by atoms with Gasteiger partial charge in [-0.2, -0.15) is 0 Å². The van der Waals surface area contributed by atoms with Crippen LogP contribution in [0.1, 0.15) is 128 Å². The number of ether oxygens (including phenoxy) is 9. The molecule has 5 rings (SSSR count). The lowest BCUT2D eigenvalue weighted by Gasteiger charge is -2.50. The molecule has 86 heavy (non-hydrogen) atoms. The lowest BCUT2D eigenvalue weighted by Crippen LogP contribution is -2.71. The van der Waals surface area contributed by atoms with E-state index >= 15 is 0 Å². The number of benzene rings is 1. The van der Waals surface area contributed by atoms with Gasteiger partial charge in [-0.1, -0.05) is 0 Å². The molecule has 4 aliphatic rings. The lowest BCUT2D eigenvalue weighted by atomic mass is 9.82. The topological polar surface area (TPSA) is 393 Å². The maximum absolute atomic E-state index is 14.3. The van der Waals surface area contributed by atoms with Gasteiger partial charge in [0.25, 0.3) is 5.69 Å². The highest BCUT2D eigenvalue weighted by Gasteiger charge is 2.55. The second-order valence-corrected chi connectivity index (χ2v) is 25.8. The molecule has 0 bridgehead atoms. The first-order valence-corrected chi connectivity index (χ1v) is 28.4. The van der Waals surface area contributed by atoms with Crippen molar-refractivity contribution in [3.05, 3.63) is 51.8 Å². The van der Waals surface area contributed by atoms with Gasteiger partial charge >= 0.3 is 30.5 Å². The van der Waals surface area contributed by atoms with Gasteiger partial charge < -0.3 is 94.5 Å². The molecule has 13 atom stereocenters. The van der Waals surface area contributed by atoms with Crippen LogP contribution in [0.5, 0.6) is 0 Å². The number of nitro benzene ring substituents is 1. The molecular formula is C56H88N8O22. The number of nitro groups is 1. The van der Waals surface area contributed by atoms with Crippen molar-refractivity contribution >= 4 is 48.0 Å². The van der Waals surface area contributed by atoms with Crippen LogP contribution in [-0.4, -0.2) is 212 Å². The van der Waals surface area contributed by atoms with Crippen molar-refractivity contribution in [2.24, 2.45) is 0 Å². The predicted octanol–water partition coefficient (Wildman–Crippen LogP) is 3.23. The normalized spacial score (nSPS) is 27.3. The summed E-state index contributed by atoms with van der Waals surface area (Å²) in [7, 11) is 1.28. The summed E-state index contributed by atoms with van der Waals surface area (Å²) in [5, 5.41) is 72.1. The summed E-state index contributed by atoms with van der Waals surface area (Å²) in [6, 6.07) is -1.20. The first-order valence-electron chi connectivity index (χ1n) is 28.4. The van der Waals surface area contributed by atoms with Crippen molar-refractivity contribution in [2.75, 3.05) is 33.3 Å². The van der Waals surface area contributed by atoms with E-state index in [0.717, 1.165) is 4.90 Å². The number of rotatable bonds is 18. The van der Waals surface area contributed by atoms with Gasteiger partial charge in [0, 0.05) is 32.3 Å². The summed E-state index contributed by atoms with van der Waals surface area (Å²) in [6.45, 7) is 19.7. The number of carbonyl (C=O) groups is 7. The highest BCUT2D eigenvalue weighted by molar-refractivity contribution is 5.86. The number of nitrogens with one attached hydrogen (secondary N) is 5. The largest absolute Gasteiger partial charge is 0.465 e. The number of likely N-dealkylation sites (N-methyl/N-ethyl adjacent to an activating group) is 1. The third kappa shape index (κ3) is 21.0. The Morgan fingerprint density at radius 2 is 1.36 bits per heavy atom. The van der Waals surface area contributed by atoms with Crippen molar-refractivity contribution in [1.29, 1.82) is 0 Å². The zero-order valence-electron chi connectivity index (χ0n) is 51.4. The van der Waals surface area contributed by atoms with Crippen LogP contribution in [0.25, 0.3) is 0 Å². The summed E-state index contributed by atoms with van der Waals surface area (Å²) in [5.74, 6) is -1.64. The molecule has 3 heterocycles. The van der Waals surface area contributed by atoms with Gasteiger partial charge in [0.15, 0.2) is 6.29 Å². The average Bonchev–Trinajstić information content (AvgIpc) is 1.52. The molecule has 7 amide bonds. The maximum atomic E-state index is 14.3. The minimum absolute atomic E-state index is 0.0463. The molecular weight excluding hydrogens is 1140 g/mol. The Kier molecular flexibility index (Phi) is 23.4. The molecule has 30 nitrogen and oxygen atoms in total. The number of carbonyl (C=O) groups excluding carboxylic acids is 7. The van der Waals surface area contributed by atoms with Crippen molar-refractivity contribution < 1.29 is 102 Å². The Hall–Kier alpha value is -6.83. The average molecular weight is 1230 g/mol. The van der Waals surface area contributed by atoms with Crippen LogP contribution in [0.3, 0.4) is 0 Å². The molecule has 1 aliphatic carbocycles. The second kappa shape index (κ2) is 28.8. The number of nitrogens with zero attached hydrogens (tertiary/aromatic N) is 3. The molecule has 1 unspecified atom stereocenters. The minimum Gasteiger partial charge on any atom is -0.465 e. The molecule has 0 radical (unpaired) electrons. The zero-order chi connectivity index (χ0) is 64.4. The van der Waals surface area contributed by atoms with E-state index < -0.39 is 162 Å². The van der Waals surface area contributed by atoms with Crippen LogP contribution >= 0.6 is 0 Å². The number of hydrogen-bond donors (Lipinski definition) is 9. The molecule has 30 heteroatoms. The second-order valence-electron chi connectivity index (χ2n) is 25.8. The Morgan fingerprint density at radius 1 is 0.779 bits per heavy atom. The number of hydrogen-bond acceptors (Lipinski definition) is 22. The van der Waals surface area contributed by atoms with E-state index in [2.05, 4.69) is 26.6 Å². The first kappa shape index (κ1) is 69.9. The fraction of sp³-hybridized carbons (Fsp3) is 0.732. The van der Waals surface area contributed by atoms with Crippen LogP contribution in [0.4, 0.5) is 29.7 Å². The highest BCUT2D eigenvalue weighted by atomic mass is 16.7. The standard InChI is InChI=1S/C56H88N8O22/c1-52(2,3)83-48(71)57-24-23-37(65)44(69)60-34-26-35(61-49(72)84-53(4,5)6)41(38(66)40(34)82-46-39(67)42(56(13,75)29-79-46)62(14)50(73)85-54(7,8)9)81-45-33(59-43(68)36-16-15-25-63(36)51(74)86-55(10,11)12)22-21-32(80-45)27-58-47(70)78-28-30-17-19-31(20-18-30)64(76)77/h17-21,33-42,45-46,65-67,75H,15-16,22-29H2,1-14H3,(H,57,71)(H,58,70)(H,59,68)(H,60,69)(H,61,72)/t33-,34-,35+,36?,37+,38-,39-,40+,41-,42-,45-,46-,56+/m1/s1. The number of aliphatic hydroxyl groups excluding tert-OH is 3. The van der Waals surface area contributed by atoms with E-state index in [0.29, 0.717) is 12.0 Å². The van der Waals surface area contributed by atoms with Gasteiger partial charge in [0.05, 0.1) is 42.2 Å². The molecule has 3 aliphatic heterocycles. The lowest BCUT2D eigenvalue weighted by molar-refractivity contribution is -0.384. The first-order chi connectivity index (χ1) is 39.7. The van der Waals surface area contributed by atoms with E-state index in [9.17, 15) is 64.1 Å². The molecule has 9 N–H and O–H groups in total. The molecule has 0 spiro atoms. The van der Waals surface area contributed by atoms with E-state index in [1.165, 1.54) is 49.2 Å². The maximum Gasteiger partial charge on any atom is 0.410 e. The van der Waals surface area contributed by atoms with Crippen molar-refractivity contribution in [2.45, 2.75) is 230 Å². The summed E-state index contributed by atoms with van der Waals surface area (Å²) in [5.41, 5.74) is -5.51. The van der Waals surface area contributed by atoms with E-state index in [4.69, 9.17) is 42.6 Å². The molecule has 1 aromatic rings. The van der Waals surface area contributed by atoms with Crippen molar-refractivity contribution in [3.63, 3.8) is 0 Å². The summed E-state index contributed by atoms with van der Waals surface area (Å²) >= 11 is 0. The molecule has 3 fully saturated rings. The van der Waals surface area contributed by atoms with Gasteiger partial charge in [-0.25, -0.2) is 24.0 Å². The van der Waals surface area contributed by atoms with E-state index in [1.54, 1.807) is 83.1 Å². The summed E-state index contributed by atoms with van der Waals surface area (Å²) in [6.07, 6.45) is -15.8. The molecule has 1 aromatic carbocycles. The molecule has 2 saturated heterocycles. The smallest absolute Gasteiger partial charge is 0.410 e. The van der Waals surface area contributed by atoms with Crippen LogP contribution < -0.4 is 26.6 Å². The molecule has 484 valence electrons. The van der Waals surface area contributed by atoms with E-state index in [-0.39, 0.29) is 57.0 Å². The third-order valence-corrected chi connectivity index (χ3v) is 13.5. The Balaban J connectivity index is 1.52. The number of aliphatic hydroxyl groups is 4. The van der Waals surface area contributed by atoms with Crippen LogP contribution in [0, 0.1) is 10.1 Å². The molecule has 0 aromatic heterocycles. The monoisotopic (exact) mass is 1220 g/mol. The quantitative estimate of drug-likeness (QED) is 0.0579. The van der Waals surface area contributed by atoms with Gasteiger partial charge in [-0.05, 0) is 146 Å². The van der Waals surface area contributed by atoms with Gasteiger partial charge in [0.2, 0.25) is 18.1 Å². The fourth-order valence-corrected chi connectivity index (χ4v) is 9.75. The number of amides is 7. The third-order valence-electron chi connectivity index (χ3n) is 13.5. The van der Waals surface area contributed by atoms with Crippen LogP contribution in [-0.2, 0) is 58.8 Å². The Bertz CT molecular complexity index is 2580. The van der Waals surface area contributed by atoms with Gasteiger partial charge in [0.1, 0.15) is 76.9 Å². The van der Waals surface area contributed by atoms with E-state index in [1.807, 2.05) is 0 Å². The SMILES string of the molecule is CN(C(=O)OC(C)(C)C)[C@@H]1[C@@H](O)[C@@H](O[C@@H]2[C@@H](O)[C@H](O[C@H]3OC(CNC(=O)OCc4ccc([N+](=O)[O-])cc4)=CC[C@H]3NC(=O)C3CCCN3C(=O)OC(C)(C)C)[C@@H](NC(=O)OC(C)(C)C)C[C@H]2NC(=O)[C@@H](O)CCNC(=O)OC(C)(C)C)OC[C@]1(C)O. The van der Waals surface area contributed by atoms with Crippen molar-refractivity contribution in [3.8, 4) is 0 Å². The fourth-order valence-electron chi connectivity index (χ4n) is 9.75. The van der Waals surface area contributed by atoms with Crippen LogP contribution in [0.2, 0.25) is 0 Å².